The van der Waals surface area contributed by atoms with Gasteiger partial charge in [0, 0.05) is 19.8 Å². The van der Waals surface area contributed by atoms with Crippen LogP contribution in [-0.4, -0.2) is 42.5 Å². The van der Waals surface area contributed by atoms with Crippen LogP contribution in [0.3, 0.4) is 0 Å². The first kappa shape index (κ1) is 15.5. The van der Waals surface area contributed by atoms with Crippen molar-refractivity contribution in [3.05, 3.63) is 17.3 Å². The van der Waals surface area contributed by atoms with E-state index < -0.39 is 10.0 Å². The second kappa shape index (κ2) is 5.82. The molecule has 1 aromatic rings. The van der Waals surface area contributed by atoms with Crippen molar-refractivity contribution >= 4 is 27.4 Å². The van der Waals surface area contributed by atoms with Crippen LogP contribution in [0, 0.1) is 5.92 Å². The van der Waals surface area contributed by atoms with E-state index in [0.717, 1.165) is 0 Å². The number of anilines is 1. The summed E-state index contributed by atoms with van der Waals surface area (Å²) in [6, 6.07) is 1.31. The number of halogens is 1. The average molecular weight is 321 g/mol. The summed E-state index contributed by atoms with van der Waals surface area (Å²) in [7, 11) is -2.14. The van der Waals surface area contributed by atoms with Crippen LogP contribution < -0.4 is 11.3 Å². The van der Waals surface area contributed by atoms with Crippen molar-refractivity contribution in [2.24, 2.45) is 11.8 Å². The Morgan fingerprint density at radius 1 is 1.60 bits per heavy atom. The van der Waals surface area contributed by atoms with Gasteiger partial charge in [0.15, 0.2) is 5.82 Å². The first-order valence-corrected chi connectivity index (χ1v) is 7.93. The summed E-state index contributed by atoms with van der Waals surface area (Å²) in [5.74, 6) is 5.60. The fraction of sp³-hybridized carbons (Fsp3) is 0.545. The Kier molecular flexibility index (Phi) is 4.50. The third kappa shape index (κ3) is 3.04. The molecule has 0 bridgehead atoms. The van der Waals surface area contributed by atoms with E-state index in [1.165, 1.54) is 23.6 Å². The Hall–Kier alpha value is -0.930. The van der Waals surface area contributed by atoms with Crippen LogP contribution in [0.1, 0.15) is 12.8 Å². The summed E-state index contributed by atoms with van der Waals surface area (Å²) in [6.45, 7) is 0.369. The minimum absolute atomic E-state index is 0.0175. The third-order valence-electron chi connectivity index (χ3n) is 3.39. The largest absolute Gasteiger partial charge is 0.393 e. The van der Waals surface area contributed by atoms with E-state index in [0.29, 0.717) is 19.4 Å². The molecule has 0 aromatic carbocycles. The maximum absolute atomic E-state index is 12.4. The van der Waals surface area contributed by atoms with Crippen molar-refractivity contribution in [3.8, 4) is 0 Å². The van der Waals surface area contributed by atoms with Crippen molar-refractivity contribution in [2.45, 2.75) is 23.8 Å². The number of sulfonamides is 1. The highest BCUT2D eigenvalue weighted by Gasteiger charge is 2.32. The zero-order valence-electron chi connectivity index (χ0n) is 11.0. The Morgan fingerprint density at radius 2 is 2.25 bits per heavy atom. The highest BCUT2D eigenvalue weighted by Crippen LogP contribution is 2.30. The number of nitrogen functional groups attached to an aromatic ring is 1. The minimum atomic E-state index is -3.64. The number of nitrogens with one attached hydrogen (secondary N) is 1. The Balaban J connectivity index is 2.14. The van der Waals surface area contributed by atoms with Gasteiger partial charge in [0.05, 0.1) is 11.1 Å². The number of hydrogen-bond donors (Lipinski definition) is 3. The summed E-state index contributed by atoms with van der Waals surface area (Å²) in [5.41, 5.74) is 2.28. The standard InChI is InChI=1S/C11H17ClN4O3S/c1-16(6-7-2-8(17)3-7)20(18,19)9-4-10(12)11(15-13)14-5-9/h4-5,7-8,17H,2-3,6,13H2,1H3,(H,14,15). The van der Waals surface area contributed by atoms with E-state index in [2.05, 4.69) is 10.4 Å². The first-order valence-electron chi connectivity index (χ1n) is 6.11. The molecule has 0 atom stereocenters. The number of hydrogen-bond acceptors (Lipinski definition) is 6. The summed E-state index contributed by atoms with van der Waals surface area (Å²) < 4.78 is 26.0. The van der Waals surface area contributed by atoms with Gasteiger partial charge in [0.1, 0.15) is 4.90 Å². The molecule has 1 heterocycles. The molecule has 0 radical (unpaired) electrons. The number of hydrazine groups is 1. The van der Waals surface area contributed by atoms with Gasteiger partial charge in [-0.3, -0.25) is 0 Å². The molecule has 1 aliphatic carbocycles. The Morgan fingerprint density at radius 3 is 2.75 bits per heavy atom. The quantitative estimate of drug-likeness (QED) is 0.535. The van der Waals surface area contributed by atoms with Crippen molar-refractivity contribution < 1.29 is 13.5 Å². The zero-order chi connectivity index (χ0) is 14.9. The first-order chi connectivity index (χ1) is 9.34. The van der Waals surface area contributed by atoms with Gasteiger partial charge in [-0.05, 0) is 24.8 Å². The lowest BCUT2D eigenvalue weighted by molar-refractivity contribution is 0.0367. The lowest BCUT2D eigenvalue weighted by Gasteiger charge is -2.34. The van der Waals surface area contributed by atoms with Crippen LogP contribution in [0.15, 0.2) is 17.2 Å². The van der Waals surface area contributed by atoms with Crippen LogP contribution >= 0.6 is 11.6 Å². The number of rotatable bonds is 5. The molecular formula is C11H17ClN4O3S. The topological polar surface area (TPSA) is 109 Å². The summed E-state index contributed by atoms with van der Waals surface area (Å²) in [5, 5.41) is 9.37. The fourth-order valence-electron chi connectivity index (χ4n) is 2.16. The molecule has 112 valence electrons. The van der Waals surface area contributed by atoms with Crippen molar-refractivity contribution in [1.82, 2.24) is 9.29 Å². The van der Waals surface area contributed by atoms with Crippen molar-refractivity contribution in [2.75, 3.05) is 19.0 Å². The van der Waals surface area contributed by atoms with Gasteiger partial charge in [-0.1, -0.05) is 11.6 Å². The molecule has 1 aliphatic rings. The zero-order valence-corrected chi connectivity index (χ0v) is 12.5. The third-order valence-corrected chi connectivity index (χ3v) is 5.46. The number of pyridine rings is 1. The molecule has 0 spiro atoms. The number of aliphatic hydroxyl groups is 1. The Bertz CT molecular complexity index is 589. The maximum atomic E-state index is 12.4. The second-order valence-corrected chi connectivity index (χ2v) is 7.37. The fourth-order valence-corrected chi connectivity index (χ4v) is 3.66. The van der Waals surface area contributed by atoms with Crippen LogP contribution in [0.5, 0.6) is 0 Å². The molecule has 1 saturated carbocycles. The van der Waals surface area contributed by atoms with Gasteiger partial charge in [-0.2, -0.15) is 0 Å². The van der Waals surface area contributed by atoms with Crippen LogP contribution in [-0.2, 0) is 10.0 Å². The lowest BCUT2D eigenvalue weighted by Crippen LogP contribution is -2.39. The number of aliphatic hydroxyl groups excluding tert-OH is 1. The van der Waals surface area contributed by atoms with E-state index in [4.69, 9.17) is 17.4 Å². The number of nitrogens with zero attached hydrogens (tertiary/aromatic N) is 2. The van der Waals surface area contributed by atoms with Crippen LogP contribution in [0.4, 0.5) is 5.82 Å². The Labute approximate surface area is 122 Å². The SMILES string of the molecule is CN(CC1CC(O)C1)S(=O)(=O)c1cnc(NN)c(Cl)c1. The molecule has 4 N–H and O–H groups in total. The van der Waals surface area contributed by atoms with Crippen LogP contribution in [0.25, 0.3) is 0 Å². The van der Waals surface area contributed by atoms with Gasteiger partial charge in [-0.25, -0.2) is 23.5 Å². The summed E-state index contributed by atoms with van der Waals surface area (Å²) >= 11 is 5.88. The monoisotopic (exact) mass is 320 g/mol. The van der Waals surface area contributed by atoms with E-state index >= 15 is 0 Å². The van der Waals surface area contributed by atoms with E-state index in [9.17, 15) is 13.5 Å². The predicted molar refractivity (Wildman–Crippen MR) is 75.6 cm³/mol. The van der Waals surface area contributed by atoms with Gasteiger partial charge < -0.3 is 10.5 Å². The van der Waals surface area contributed by atoms with Gasteiger partial charge in [0.25, 0.3) is 0 Å². The number of nitrogens with two attached hydrogens (primary N) is 1. The maximum Gasteiger partial charge on any atom is 0.244 e. The van der Waals surface area contributed by atoms with E-state index in [1.54, 1.807) is 0 Å². The minimum Gasteiger partial charge on any atom is -0.393 e. The summed E-state index contributed by atoms with van der Waals surface area (Å²) in [6.07, 6.45) is 2.17. The molecule has 0 amide bonds. The highest BCUT2D eigenvalue weighted by molar-refractivity contribution is 7.89. The van der Waals surface area contributed by atoms with Crippen LogP contribution in [0.2, 0.25) is 5.02 Å². The molecule has 7 nitrogen and oxygen atoms in total. The second-order valence-electron chi connectivity index (χ2n) is 4.92. The van der Waals surface area contributed by atoms with Crippen molar-refractivity contribution in [1.29, 1.82) is 0 Å². The molecule has 1 aromatic heterocycles. The van der Waals surface area contributed by atoms with E-state index in [1.807, 2.05) is 0 Å². The van der Waals surface area contributed by atoms with Crippen molar-refractivity contribution in [3.63, 3.8) is 0 Å². The molecule has 2 rings (SSSR count). The molecule has 1 fully saturated rings. The normalized spacial score (nSPS) is 22.6. The molecule has 0 unspecified atom stereocenters. The molecule has 0 saturated heterocycles. The van der Waals surface area contributed by atoms with E-state index in [-0.39, 0.29) is 27.8 Å². The summed E-state index contributed by atoms with van der Waals surface area (Å²) in [4.78, 5) is 3.87. The van der Waals surface area contributed by atoms with Gasteiger partial charge >= 0.3 is 0 Å². The van der Waals surface area contributed by atoms with Gasteiger partial charge in [-0.15, -0.1) is 0 Å². The molecule has 0 aliphatic heterocycles. The molecular weight excluding hydrogens is 304 g/mol. The average Bonchev–Trinajstić information content (AvgIpc) is 2.36. The highest BCUT2D eigenvalue weighted by atomic mass is 35.5. The predicted octanol–water partition coefficient (Wildman–Crippen LogP) is 0.412. The van der Waals surface area contributed by atoms with Gasteiger partial charge in [0.2, 0.25) is 10.0 Å². The lowest BCUT2D eigenvalue weighted by atomic mass is 9.82. The number of aromatic nitrogens is 1. The molecule has 20 heavy (non-hydrogen) atoms. The molecule has 9 heteroatoms. The smallest absolute Gasteiger partial charge is 0.244 e.